The van der Waals surface area contributed by atoms with Gasteiger partial charge in [0.25, 0.3) is 5.91 Å². The van der Waals surface area contributed by atoms with E-state index in [1.165, 1.54) is 0 Å². The number of carbonyl (C=O) groups is 2. The molecule has 1 saturated heterocycles. The Hall–Kier alpha value is -4.05. The summed E-state index contributed by atoms with van der Waals surface area (Å²) in [6, 6.07) is 17.0. The fraction of sp³-hybridized carbons (Fsp3) is 0.414. The van der Waals surface area contributed by atoms with E-state index in [1.807, 2.05) is 75.4 Å². The number of nitrogens with two attached hydrogens (primary N) is 1. The Morgan fingerprint density at radius 2 is 1.72 bits per heavy atom. The molecule has 3 N–H and O–H groups in total. The number of hydrogen-bond acceptors (Lipinski definition) is 7. The summed E-state index contributed by atoms with van der Waals surface area (Å²) in [4.78, 5) is 29.4. The predicted molar refractivity (Wildman–Crippen MR) is 148 cm³/mol. The van der Waals surface area contributed by atoms with Gasteiger partial charge in [-0.3, -0.25) is 9.69 Å². The summed E-state index contributed by atoms with van der Waals surface area (Å²) in [7, 11) is 0. The lowest BCUT2D eigenvalue weighted by Crippen LogP contribution is -2.55. The second-order valence-corrected chi connectivity index (χ2v) is 11.0. The van der Waals surface area contributed by atoms with Gasteiger partial charge in [-0.2, -0.15) is 5.10 Å². The average Bonchev–Trinajstić information content (AvgIpc) is 3.29. The van der Waals surface area contributed by atoms with Crippen molar-refractivity contribution in [1.82, 2.24) is 19.6 Å². The molecule has 1 aromatic heterocycles. The minimum absolute atomic E-state index is 0.0166. The standard InChI is InChI=1S/C29H36N6O4/c1-19-18-33(28(37)39-29(2,3)4)16-17-34(19)23-14-15-31-25-24(23)32-35(26(25)27(30)36)20-10-12-22(13-11-20)38-21-8-6-5-7-9-21/h5-13,19,23,31H,14-18H2,1-4H3,(H2,30,36)/t19-,23-/m0/s1. The van der Waals surface area contributed by atoms with Crippen LogP contribution in [0.25, 0.3) is 5.69 Å². The van der Waals surface area contributed by atoms with Crippen LogP contribution in [0.3, 0.4) is 0 Å². The highest BCUT2D eigenvalue weighted by Gasteiger charge is 2.39. The second-order valence-electron chi connectivity index (χ2n) is 11.0. The van der Waals surface area contributed by atoms with Gasteiger partial charge in [-0.05, 0) is 70.5 Å². The molecule has 0 radical (unpaired) electrons. The van der Waals surface area contributed by atoms with Gasteiger partial charge in [0.2, 0.25) is 0 Å². The number of rotatable bonds is 5. The van der Waals surface area contributed by atoms with Crippen LogP contribution in [-0.2, 0) is 4.74 Å². The van der Waals surface area contributed by atoms with E-state index in [1.54, 1.807) is 9.58 Å². The number of benzene rings is 2. The Morgan fingerprint density at radius 3 is 2.36 bits per heavy atom. The van der Waals surface area contributed by atoms with Gasteiger partial charge in [0.05, 0.1) is 17.4 Å². The Labute approximate surface area is 228 Å². The van der Waals surface area contributed by atoms with E-state index < -0.39 is 11.5 Å². The quantitative estimate of drug-likeness (QED) is 0.495. The summed E-state index contributed by atoms with van der Waals surface area (Å²) < 4.78 is 13.1. The highest BCUT2D eigenvalue weighted by atomic mass is 16.6. The molecule has 5 rings (SSSR count). The molecule has 206 valence electrons. The van der Waals surface area contributed by atoms with E-state index >= 15 is 0 Å². The first-order valence-corrected chi connectivity index (χ1v) is 13.3. The third kappa shape index (κ3) is 5.70. The summed E-state index contributed by atoms with van der Waals surface area (Å²) in [5.41, 5.74) is 7.83. The number of primary amides is 1. The summed E-state index contributed by atoms with van der Waals surface area (Å²) in [5, 5.41) is 8.28. The molecule has 2 aliphatic rings. The number of nitrogens with one attached hydrogen (secondary N) is 1. The number of nitrogens with zero attached hydrogens (tertiary/aromatic N) is 4. The number of hydrogen-bond donors (Lipinski definition) is 2. The Morgan fingerprint density at radius 1 is 1.03 bits per heavy atom. The van der Waals surface area contributed by atoms with Gasteiger partial charge in [0, 0.05) is 32.2 Å². The monoisotopic (exact) mass is 532 g/mol. The van der Waals surface area contributed by atoms with Crippen LogP contribution < -0.4 is 15.8 Å². The van der Waals surface area contributed by atoms with Gasteiger partial charge in [-0.1, -0.05) is 18.2 Å². The van der Waals surface area contributed by atoms with Crippen molar-refractivity contribution < 1.29 is 19.1 Å². The second kappa shape index (κ2) is 10.6. The maximum Gasteiger partial charge on any atom is 0.410 e. The molecule has 2 aromatic carbocycles. The zero-order valence-corrected chi connectivity index (χ0v) is 22.9. The number of fused-ring (bicyclic) bond motifs is 1. The first-order chi connectivity index (χ1) is 18.6. The molecule has 0 saturated carbocycles. The van der Waals surface area contributed by atoms with Gasteiger partial charge in [0.15, 0.2) is 5.69 Å². The maximum absolute atomic E-state index is 12.6. The molecule has 2 atom stereocenters. The van der Waals surface area contributed by atoms with Crippen molar-refractivity contribution in [2.45, 2.75) is 51.8 Å². The highest BCUT2D eigenvalue weighted by Crippen LogP contribution is 2.38. The summed E-state index contributed by atoms with van der Waals surface area (Å²) in [6.07, 6.45) is 0.531. The maximum atomic E-state index is 12.6. The van der Waals surface area contributed by atoms with E-state index in [0.29, 0.717) is 49.0 Å². The van der Waals surface area contributed by atoms with Crippen molar-refractivity contribution in [2.24, 2.45) is 5.73 Å². The van der Waals surface area contributed by atoms with Crippen molar-refractivity contribution in [1.29, 1.82) is 0 Å². The fourth-order valence-electron chi connectivity index (χ4n) is 5.26. The Kier molecular flexibility index (Phi) is 7.22. The van der Waals surface area contributed by atoms with Crippen molar-refractivity contribution in [3.8, 4) is 17.2 Å². The van der Waals surface area contributed by atoms with Crippen LogP contribution in [0.1, 0.15) is 56.3 Å². The van der Waals surface area contributed by atoms with Crippen molar-refractivity contribution in [3.63, 3.8) is 0 Å². The molecule has 10 heteroatoms. The molecule has 0 bridgehead atoms. The zero-order valence-electron chi connectivity index (χ0n) is 22.9. The smallest absolute Gasteiger partial charge is 0.410 e. The predicted octanol–water partition coefficient (Wildman–Crippen LogP) is 4.56. The van der Waals surface area contributed by atoms with Gasteiger partial charge in [-0.25, -0.2) is 9.48 Å². The number of carbonyl (C=O) groups excluding carboxylic acids is 2. The van der Waals surface area contributed by atoms with Crippen molar-refractivity contribution in [3.05, 3.63) is 66.0 Å². The van der Waals surface area contributed by atoms with Crippen LogP contribution in [0.4, 0.5) is 10.5 Å². The van der Waals surface area contributed by atoms with Crippen LogP contribution >= 0.6 is 0 Å². The van der Waals surface area contributed by atoms with Crippen molar-refractivity contribution >= 4 is 17.7 Å². The molecule has 39 heavy (non-hydrogen) atoms. The molecule has 2 amide bonds. The first-order valence-electron chi connectivity index (χ1n) is 13.3. The van der Waals surface area contributed by atoms with Crippen LogP contribution in [0, 0.1) is 0 Å². The molecular formula is C29H36N6O4. The van der Waals surface area contributed by atoms with Crippen LogP contribution in [-0.4, -0.2) is 69.4 Å². The fourth-order valence-corrected chi connectivity index (χ4v) is 5.26. The average molecular weight is 533 g/mol. The summed E-state index contributed by atoms with van der Waals surface area (Å²) in [5.74, 6) is 0.866. The Bertz CT molecular complexity index is 1330. The Balaban J connectivity index is 1.38. The third-order valence-electron chi connectivity index (χ3n) is 6.97. The number of para-hydroxylation sites is 1. The third-order valence-corrected chi connectivity index (χ3v) is 6.97. The zero-order chi connectivity index (χ0) is 27.7. The lowest BCUT2D eigenvalue weighted by atomic mass is 9.99. The van der Waals surface area contributed by atoms with Gasteiger partial charge in [0.1, 0.15) is 22.8 Å². The van der Waals surface area contributed by atoms with Gasteiger partial charge < -0.3 is 25.4 Å². The lowest BCUT2D eigenvalue weighted by molar-refractivity contribution is -0.00345. The molecule has 10 nitrogen and oxygen atoms in total. The number of anilines is 1. The summed E-state index contributed by atoms with van der Waals surface area (Å²) >= 11 is 0. The molecule has 0 unspecified atom stereocenters. The van der Waals surface area contributed by atoms with Crippen molar-refractivity contribution in [2.75, 3.05) is 31.5 Å². The largest absolute Gasteiger partial charge is 0.457 e. The molecule has 0 spiro atoms. The van der Waals surface area contributed by atoms with Crippen LogP contribution in [0.15, 0.2) is 54.6 Å². The normalized spacial score (nSPS) is 19.6. The van der Waals surface area contributed by atoms with E-state index in [9.17, 15) is 9.59 Å². The molecule has 2 aliphatic heterocycles. The van der Waals surface area contributed by atoms with E-state index in [4.69, 9.17) is 20.3 Å². The number of aromatic nitrogens is 2. The number of piperazine rings is 1. The minimum Gasteiger partial charge on any atom is -0.457 e. The topological polar surface area (TPSA) is 115 Å². The molecular weight excluding hydrogens is 496 g/mol. The molecule has 3 heterocycles. The van der Waals surface area contributed by atoms with Gasteiger partial charge in [-0.15, -0.1) is 0 Å². The van der Waals surface area contributed by atoms with E-state index in [2.05, 4.69) is 17.1 Å². The van der Waals surface area contributed by atoms with Crippen LogP contribution in [0.5, 0.6) is 11.5 Å². The van der Waals surface area contributed by atoms with E-state index in [0.717, 1.165) is 17.9 Å². The van der Waals surface area contributed by atoms with Gasteiger partial charge >= 0.3 is 6.09 Å². The molecule has 3 aromatic rings. The lowest BCUT2D eigenvalue weighted by Gasteiger charge is -2.44. The van der Waals surface area contributed by atoms with Crippen LogP contribution in [0.2, 0.25) is 0 Å². The van der Waals surface area contributed by atoms with E-state index in [-0.39, 0.29) is 18.2 Å². The number of ether oxygens (including phenoxy) is 2. The highest BCUT2D eigenvalue weighted by molar-refractivity contribution is 5.98. The minimum atomic E-state index is -0.552. The summed E-state index contributed by atoms with van der Waals surface area (Å²) in [6.45, 7) is 10.2. The SMILES string of the molecule is C[C@H]1CN(C(=O)OC(C)(C)C)CCN1[C@H]1CCNc2c1nn(-c1ccc(Oc3ccccc3)cc1)c2C(N)=O. The first kappa shape index (κ1) is 26.6. The molecule has 1 fully saturated rings. The molecule has 0 aliphatic carbocycles. The number of amides is 2.